The van der Waals surface area contributed by atoms with Crippen molar-refractivity contribution < 1.29 is 22.6 Å². The first kappa shape index (κ1) is 30.4. The number of anilines is 2. The van der Waals surface area contributed by atoms with Crippen LogP contribution in [0.2, 0.25) is 0 Å². The minimum Gasteiger partial charge on any atom is -0.497 e. The van der Waals surface area contributed by atoms with Crippen LogP contribution in [-0.4, -0.2) is 62.1 Å². The van der Waals surface area contributed by atoms with Gasteiger partial charge in [0.05, 0.1) is 63.2 Å². The standard InChI is InChI=1S/C28H31F3N8O3S/c1-18(16-42-17-20-10-21-15-37(8-9-38(21)36-20)27-32-11-23(43-3)12-33-27)35-24-13-34-39(26(40)25(24)28(29,30)31)14-19-4-6-22(41-2)7-5-19/h4-7,10-13,18,35H,8-9,14-17H2,1-3H3. The maximum atomic E-state index is 14.0. The molecule has 1 N–H and O–H groups in total. The summed E-state index contributed by atoms with van der Waals surface area (Å²) in [7, 11) is 1.51. The molecule has 15 heteroatoms. The summed E-state index contributed by atoms with van der Waals surface area (Å²) in [5.41, 5.74) is -0.625. The van der Waals surface area contributed by atoms with E-state index in [0.29, 0.717) is 42.6 Å². The molecule has 1 atom stereocenters. The van der Waals surface area contributed by atoms with Crippen molar-refractivity contribution in [3.8, 4) is 5.75 Å². The van der Waals surface area contributed by atoms with Crippen molar-refractivity contribution in [3.63, 3.8) is 0 Å². The largest absolute Gasteiger partial charge is 0.497 e. The smallest absolute Gasteiger partial charge is 0.423 e. The lowest BCUT2D eigenvalue weighted by Crippen LogP contribution is -2.34. The summed E-state index contributed by atoms with van der Waals surface area (Å²) in [5, 5.41) is 11.3. The lowest BCUT2D eigenvalue weighted by molar-refractivity contribution is -0.138. The van der Waals surface area contributed by atoms with Gasteiger partial charge in [0, 0.05) is 29.9 Å². The SMILES string of the molecule is COc1ccc(Cn2ncc(NC(C)COCc3cc4n(n3)CCN(c3ncc(SC)cn3)C4)c(C(F)(F)F)c2=O)cc1. The van der Waals surface area contributed by atoms with Gasteiger partial charge in [-0.3, -0.25) is 9.48 Å². The van der Waals surface area contributed by atoms with Crippen molar-refractivity contribution in [1.82, 2.24) is 29.5 Å². The van der Waals surface area contributed by atoms with Gasteiger partial charge < -0.3 is 19.7 Å². The molecule has 5 rings (SSSR count). The highest BCUT2D eigenvalue weighted by molar-refractivity contribution is 7.98. The summed E-state index contributed by atoms with van der Waals surface area (Å²) in [5.74, 6) is 1.25. The maximum absolute atomic E-state index is 14.0. The van der Waals surface area contributed by atoms with Crippen LogP contribution < -0.4 is 20.5 Å². The molecule has 3 aromatic heterocycles. The highest BCUT2D eigenvalue weighted by Crippen LogP contribution is 2.32. The molecule has 4 aromatic rings. The Hall–Kier alpha value is -4.11. The zero-order valence-electron chi connectivity index (χ0n) is 23.8. The molecular formula is C28H31F3N8O3S. The fraction of sp³-hybridized carbons (Fsp3) is 0.393. The number of thioether (sulfide) groups is 1. The van der Waals surface area contributed by atoms with Crippen LogP contribution in [0, 0.1) is 0 Å². The number of nitrogens with zero attached hydrogens (tertiary/aromatic N) is 7. The number of hydrogen-bond acceptors (Lipinski definition) is 10. The van der Waals surface area contributed by atoms with Gasteiger partial charge in [0.25, 0.3) is 5.56 Å². The predicted molar refractivity (Wildman–Crippen MR) is 155 cm³/mol. The molecule has 1 aliphatic heterocycles. The lowest BCUT2D eigenvalue weighted by atomic mass is 10.2. The molecule has 1 unspecified atom stereocenters. The first-order chi connectivity index (χ1) is 20.6. The van der Waals surface area contributed by atoms with E-state index in [0.717, 1.165) is 21.5 Å². The number of fused-ring (bicyclic) bond motifs is 1. The van der Waals surface area contributed by atoms with E-state index in [1.54, 1.807) is 55.3 Å². The molecule has 0 amide bonds. The fourth-order valence-corrected chi connectivity index (χ4v) is 5.00. The summed E-state index contributed by atoms with van der Waals surface area (Å²) in [6.45, 7) is 3.78. The van der Waals surface area contributed by atoms with Gasteiger partial charge in [-0.2, -0.15) is 23.4 Å². The Morgan fingerprint density at radius 1 is 1.12 bits per heavy atom. The molecule has 4 heterocycles. The molecule has 0 spiro atoms. The molecule has 11 nitrogen and oxygen atoms in total. The fourth-order valence-electron chi connectivity index (χ4n) is 4.68. The third kappa shape index (κ3) is 7.28. The van der Waals surface area contributed by atoms with Crippen LogP contribution in [0.4, 0.5) is 24.8 Å². The number of halogens is 3. The first-order valence-electron chi connectivity index (χ1n) is 13.5. The van der Waals surface area contributed by atoms with E-state index in [1.807, 2.05) is 17.0 Å². The third-order valence-electron chi connectivity index (χ3n) is 6.82. The molecule has 0 saturated heterocycles. The molecule has 1 aromatic carbocycles. The Labute approximate surface area is 250 Å². The molecule has 228 valence electrons. The molecular weight excluding hydrogens is 585 g/mol. The highest BCUT2D eigenvalue weighted by Gasteiger charge is 2.38. The van der Waals surface area contributed by atoms with Gasteiger partial charge in [-0.15, -0.1) is 11.8 Å². The van der Waals surface area contributed by atoms with Crippen LogP contribution >= 0.6 is 11.8 Å². The monoisotopic (exact) mass is 616 g/mol. The molecule has 0 saturated carbocycles. The first-order valence-corrected chi connectivity index (χ1v) is 14.7. The second-order valence-electron chi connectivity index (χ2n) is 10.00. The van der Waals surface area contributed by atoms with Crippen LogP contribution in [-0.2, 0) is 37.2 Å². The Morgan fingerprint density at radius 2 is 1.86 bits per heavy atom. The van der Waals surface area contributed by atoms with E-state index in [4.69, 9.17) is 9.47 Å². The van der Waals surface area contributed by atoms with Crippen LogP contribution in [0.3, 0.4) is 0 Å². The minimum atomic E-state index is -4.88. The van der Waals surface area contributed by atoms with E-state index < -0.39 is 29.0 Å². The lowest BCUT2D eigenvalue weighted by Gasteiger charge is -2.27. The van der Waals surface area contributed by atoms with E-state index in [1.165, 1.54) is 7.11 Å². The number of hydrogen-bond donors (Lipinski definition) is 1. The number of nitrogens with one attached hydrogen (secondary N) is 1. The van der Waals surface area contributed by atoms with Crippen molar-refractivity contribution in [2.75, 3.05) is 36.7 Å². The van der Waals surface area contributed by atoms with Crippen molar-refractivity contribution >= 4 is 23.4 Å². The highest BCUT2D eigenvalue weighted by atomic mass is 32.2. The van der Waals surface area contributed by atoms with E-state index in [2.05, 4.69) is 30.4 Å². The molecule has 0 bridgehead atoms. The number of alkyl halides is 3. The number of methoxy groups -OCH3 is 1. The van der Waals surface area contributed by atoms with Gasteiger partial charge in [0.15, 0.2) is 0 Å². The number of rotatable bonds is 11. The molecule has 0 fully saturated rings. The van der Waals surface area contributed by atoms with Gasteiger partial charge >= 0.3 is 6.18 Å². The molecule has 1 aliphatic rings. The summed E-state index contributed by atoms with van der Waals surface area (Å²) in [6.07, 6.45) is 1.72. The predicted octanol–water partition coefficient (Wildman–Crippen LogP) is 4.06. The molecule has 0 aliphatic carbocycles. The van der Waals surface area contributed by atoms with Gasteiger partial charge in [-0.25, -0.2) is 14.6 Å². The van der Waals surface area contributed by atoms with Crippen molar-refractivity contribution in [2.24, 2.45) is 0 Å². The second kappa shape index (κ2) is 13.0. The van der Waals surface area contributed by atoms with Crippen LogP contribution in [0.5, 0.6) is 5.75 Å². The van der Waals surface area contributed by atoms with Crippen LogP contribution in [0.15, 0.2) is 58.6 Å². The molecule has 0 radical (unpaired) electrons. The quantitative estimate of drug-likeness (QED) is 0.248. The number of aromatic nitrogens is 6. The Morgan fingerprint density at radius 3 is 2.53 bits per heavy atom. The van der Waals surface area contributed by atoms with Crippen LogP contribution in [0.25, 0.3) is 0 Å². The maximum Gasteiger partial charge on any atom is 0.423 e. The summed E-state index contributed by atoms with van der Waals surface area (Å²) in [4.78, 5) is 24.8. The van der Waals surface area contributed by atoms with E-state index >= 15 is 0 Å². The average Bonchev–Trinajstić information content (AvgIpc) is 3.40. The normalized spacial score (nSPS) is 14.0. The topological polar surface area (TPSA) is 112 Å². The Bertz CT molecular complexity index is 1590. The third-order valence-corrected chi connectivity index (χ3v) is 7.50. The van der Waals surface area contributed by atoms with Gasteiger partial charge in [0.2, 0.25) is 5.95 Å². The van der Waals surface area contributed by atoms with Crippen molar-refractivity contribution in [1.29, 1.82) is 0 Å². The summed E-state index contributed by atoms with van der Waals surface area (Å²) >= 11 is 1.58. The van der Waals surface area contributed by atoms with Crippen molar-refractivity contribution in [3.05, 3.63) is 81.8 Å². The van der Waals surface area contributed by atoms with Gasteiger partial charge in [-0.1, -0.05) is 12.1 Å². The Kier molecular flexibility index (Phi) is 9.20. The van der Waals surface area contributed by atoms with Crippen molar-refractivity contribution in [2.45, 2.75) is 50.3 Å². The molecule has 43 heavy (non-hydrogen) atoms. The number of ether oxygens (including phenoxy) is 2. The average molecular weight is 617 g/mol. The van der Waals surface area contributed by atoms with Crippen LogP contribution in [0.1, 0.15) is 29.4 Å². The zero-order chi connectivity index (χ0) is 30.6. The van der Waals surface area contributed by atoms with E-state index in [9.17, 15) is 18.0 Å². The second-order valence-corrected chi connectivity index (χ2v) is 10.9. The van der Waals surface area contributed by atoms with E-state index in [-0.39, 0.29) is 19.8 Å². The van der Waals surface area contributed by atoms with Gasteiger partial charge in [0.1, 0.15) is 11.3 Å². The summed E-state index contributed by atoms with van der Waals surface area (Å²) in [6, 6.07) is 8.05. The Balaban J connectivity index is 1.19. The van der Waals surface area contributed by atoms with Gasteiger partial charge in [-0.05, 0) is 36.9 Å². The minimum absolute atomic E-state index is 0.0795. The number of benzene rings is 1. The summed E-state index contributed by atoms with van der Waals surface area (Å²) < 4.78 is 55.5. The zero-order valence-corrected chi connectivity index (χ0v) is 24.7.